The Morgan fingerprint density at radius 1 is 1.00 bits per heavy atom. The van der Waals surface area contributed by atoms with Crippen molar-refractivity contribution in [3.05, 3.63) is 87.3 Å². The average molecular weight is 452 g/mol. The number of carbonyl (C=O) groups is 1. The van der Waals surface area contributed by atoms with Crippen LogP contribution in [0.2, 0.25) is 5.02 Å². The molecular formula is C26H30ClN3O2. The summed E-state index contributed by atoms with van der Waals surface area (Å²) in [6.45, 7) is 6.67. The molecule has 0 unspecified atom stereocenters. The van der Waals surface area contributed by atoms with E-state index in [1.807, 2.05) is 53.2 Å². The van der Waals surface area contributed by atoms with Crippen LogP contribution in [-0.4, -0.2) is 33.1 Å². The minimum atomic E-state index is -0.430. The Morgan fingerprint density at radius 3 is 2.16 bits per heavy atom. The van der Waals surface area contributed by atoms with Crippen LogP contribution < -0.4 is 5.56 Å². The van der Waals surface area contributed by atoms with Gasteiger partial charge < -0.3 is 0 Å². The number of ketones is 1. The van der Waals surface area contributed by atoms with Gasteiger partial charge in [0.2, 0.25) is 0 Å². The fourth-order valence-electron chi connectivity index (χ4n) is 4.89. The van der Waals surface area contributed by atoms with Crippen LogP contribution >= 0.6 is 11.6 Å². The quantitative estimate of drug-likeness (QED) is 0.517. The molecule has 3 aromatic rings. The third kappa shape index (κ3) is 4.07. The first-order chi connectivity index (χ1) is 15.5. The van der Waals surface area contributed by atoms with Gasteiger partial charge in [-0.25, -0.2) is 4.68 Å². The molecule has 32 heavy (non-hydrogen) atoms. The van der Waals surface area contributed by atoms with E-state index in [2.05, 4.69) is 24.0 Å². The number of benzene rings is 2. The largest absolute Gasteiger partial charge is 0.299 e. The first kappa shape index (κ1) is 22.6. The van der Waals surface area contributed by atoms with Gasteiger partial charge in [-0.05, 0) is 57.0 Å². The van der Waals surface area contributed by atoms with Crippen LogP contribution in [0.25, 0.3) is 5.69 Å². The molecule has 1 aliphatic heterocycles. The Kier molecular flexibility index (Phi) is 6.68. The Morgan fingerprint density at radius 2 is 1.59 bits per heavy atom. The predicted molar refractivity (Wildman–Crippen MR) is 129 cm³/mol. The summed E-state index contributed by atoms with van der Waals surface area (Å²) in [5.41, 5.74) is 2.15. The van der Waals surface area contributed by atoms with Gasteiger partial charge in [-0.15, -0.1) is 0 Å². The molecule has 5 nitrogen and oxygen atoms in total. The number of piperidine rings is 1. The fourth-order valence-corrected chi connectivity index (χ4v) is 5.13. The van der Waals surface area contributed by atoms with Crippen LogP contribution in [0.15, 0.2) is 65.5 Å². The van der Waals surface area contributed by atoms with E-state index in [1.54, 1.807) is 11.6 Å². The van der Waals surface area contributed by atoms with Crippen molar-refractivity contribution in [1.29, 1.82) is 0 Å². The van der Waals surface area contributed by atoms with Crippen molar-refractivity contribution in [2.24, 2.45) is 0 Å². The minimum absolute atomic E-state index is 0.180. The maximum absolute atomic E-state index is 13.1. The number of rotatable bonds is 7. The van der Waals surface area contributed by atoms with Crippen molar-refractivity contribution in [1.82, 2.24) is 14.3 Å². The van der Waals surface area contributed by atoms with E-state index in [1.165, 1.54) is 0 Å². The maximum Gasteiger partial charge on any atom is 0.290 e. The van der Waals surface area contributed by atoms with Crippen LogP contribution in [0.1, 0.15) is 44.4 Å². The molecule has 0 amide bonds. The van der Waals surface area contributed by atoms with Gasteiger partial charge >= 0.3 is 0 Å². The van der Waals surface area contributed by atoms with Crippen molar-refractivity contribution >= 4 is 17.4 Å². The van der Waals surface area contributed by atoms with Crippen molar-refractivity contribution in [2.75, 3.05) is 13.1 Å². The monoisotopic (exact) mass is 451 g/mol. The van der Waals surface area contributed by atoms with Crippen molar-refractivity contribution in [3.63, 3.8) is 0 Å². The van der Waals surface area contributed by atoms with E-state index in [0.717, 1.165) is 49.3 Å². The number of hydrogen-bond acceptors (Lipinski definition) is 3. The summed E-state index contributed by atoms with van der Waals surface area (Å²) in [4.78, 5) is 28.1. The molecule has 1 fully saturated rings. The normalized spacial score (nSPS) is 16.2. The predicted octanol–water partition coefficient (Wildman–Crippen LogP) is 4.83. The van der Waals surface area contributed by atoms with Gasteiger partial charge in [0.1, 0.15) is 10.8 Å². The third-order valence-corrected chi connectivity index (χ3v) is 7.09. The SMILES string of the molecule is CCCn1c(CN2CCC(C(C)=O)(c3ccccc3)CC2)c(Cl)c(=O)n1-c1ccccc1. The standard InChI is InChI=1S/C26H30ClN3O2/c1-3-16-29-23(24(27)25(32)30(29)22-12-8-5-9-13-22)19-28-17-14-26(15-18-28,20(2)31)21-10-6-4-7-11-21/h4-13H,3,14-19H2,1-2H3. The number of para-hydroxylation sites is 1. The molecule has 0 saturated carbocycles. The van der Waals surface area contributed by atoms with E-state index in [0.29, 0.717) is 13.1 Å². The topological polar surface area (TPSA) is 47.2 Å². The van der Waals surface area contributed by atoms with Gasteiger partial charge in [0.05, 0.1) is 16.8 Å². The number of halogens is 1. The Labute approximate surface area is 194 Å². The number of carbonyl (C=O) groups excluding carboxylic acids is 1. The molecule has 0 spiro atoms. The lowest BCUT2D eigenvalue weighted by molar-refractivity contribution is -0.124. The molecule has 1 aliphatic rings. The Balaban J connectivity index is 1.61. The van der Waals surface area contributed by atoms with Crippen molar-refractivity contribution in [3.8, 4) is 5.69 Å². The lowest BCUT2D eigenvalue weighted by atomic mass is 9.70. The van der Waals surface area contributed by atoms with Crippen molar-refractivity contribution in [2.45, 2.75) is 51.6 Å². The average Bonchev–Trinajstić information content (AvgIpc) is 3.05. The van der Waals surface area contributed by atoms with Gasteiger partial charge in [-0.3, -0.25) is 19.2 Å². The second-order valence-electron chi connectivity index (χ2n) is 8.62. The van der Waals surface area contributed by atoms with E-state index in [-0.39, 0.29) is 16.4 Å². The molecule has 0 bridgehead atoms. The molecule has 6 heteroatoms. The second-order valence-corrected chi connectivity index (χ2v) is 8.99. The third-order valence-electron chi connectivity index (χ3n) is 6.71. The Hall–Kier alpha value is -2.63. The molecule has 1 saturated heterocycles. The van der Waals surface area contributed by atoms with Crippen LogP contribution in [0, 0.1) is 0 Å². The molecule has 1 aromatic heterocycles. The summed E-state index contributed by atoms with van der Waals surface area (Å²) in [5, 5.41) is 0.286. The molecule has 2 aromatic carbocycles. The lowest BCUT2D eigenvalue weighted by Crippen LogP contribution is -2.46. The first-order valence-corrected chi connectivity index (χ1v) is 11.7. The number of Topliss-reactive ketones (excluding diaryl/α,β-unsaturated/α-hetero) is 1. The highest BCUT2D eigenvalue weighted by Gasteiger charge is 2.40. The van der Waals surface area contributed by atoms with Crippen molar-refractivity contribution < 1.29 is 4.79 Å². The second kappa shape index (κ2) is 9.47. The van der Waals surface area contributed by atoms with Gasteiger partial charge in [0.15, 0.2) is 0 Å². The zero-order valence-electron chi connectivity index (χ0n) is 18.8. The summed E-state index contributed by atoms with van der Waals surface area (Å²) in [6.07, 6.45) is 2.43. The zero-order chi connectivity index (χ0) is 22.7. The molecular weight excluding hydrogens is 422 g/mol. The molecule has 4 rings (SSSR count). The van der Waals surface area contributed by atoms with Crippen LogP contribution in [0.4, 0.5) is 0 Å². The number of hydrogen-bond donors (Lipinski definition) is 0. The summed E-state index contributed by atoms with van der Waals surface area (Å²) >= 11 is 6.59. The van der Waals surface area contributed by atoms with Gasteiger partial charge in [0.25, 0.3) is 5.56 Å². The van der Waals surface area contributed by atoms with E-state index in [4.69, 9.17) is 11.6 Å². The molecule has 0 radical (unpaired) electrons. The van der Waals surface area contributed by atoms with Crippen LogP contribution in [-0.2, 0) is 23.3 Å². The highest BCUT2D eigenvalue weighted by molar-refractivity contribution is 6.31. The number of nitrogens with zero attached hydrogens (tertiary/aromatic N) is 3. The fraction of sp³-hybridized carbons (Fsp3) is 0.385. The smallest absolute Gasteiger partial charge is 0.290 e. The summed E-state index contributed by atoms with van der Waals surface area (Å²) in [7, 11) is 0. The van der Waals surface area contributed by atoms with E-state index in [9.17, 15) is 9.59 Å². The lowest BCUT2D eigenvalue weighted by Gasteiger charge is -2.40. The summed E-state index contributed by atoms with van der Waals surface area (Å²) in [6, 6.07) is 19.8. The number of likely N-dealkylation sites (tertiary alicyclic amines) is 1. The summed E-state index contributed by atoms with van der Waals surface area (Å²) in [5.74, 6) is 0.222. The van der Waals surface area contributed by atoms with Gasteiger partial charge in [0, 0.05) is 13.1 Å². The summed E-state index contributed by atoms with van der Waals surface area (Å²) < 4.78 is 3.71. The molecule has 0 aliphatic carbocycles. The molecule has 0 N–H and O–H groups in total. The zero-order valence-corrected chi connectivity index (χ0v) is 19.5. The highest BCUT2D eigenvalue weighted by atomic mass is 35.5. The minimum Gasteiger partial charge on any atom is -0.299 e. The Bertz CT molecular complexity index is 1130. The molecule has 168 valence electrons. The van der Waals surface area contributed by atoms with Gasteiger partial charge in [-0.1, -0.05) is 67.1 Å². The number of aromatic nitrogens is 2. The highest BCUT2D eigenvalue weighted by Crippen LogP contribution is 2.37. The maximum atomic E-state index is 13.1. The van der Waals surface area contributed by atoms with E-state index >= 15 is 0 Å². The molecule has 2 heterocycles. The van der Waals surface area contributed by atoms with Gasteiger partial charge in [-0.2, -0.15) is 0 Å². The van der Waals surface area contributed by atoms with Crippen LogP contribution in [0.5, 0.6) is 0 Å². The van der Waals surface area contributed by atoms with E-state index < -0.39 is 5.41 Å². The first-order valence-electron chi connectivity index (χ1n) is 11.3. The van der Waals surface area contributed by atoms with Crippen LogP contribution in [0.3, 0.4) is 0 Å². The molecule has 0 atom stereocenters.